The number of carbonyl (C=O) groups excluding carboxylic acids is 1. The van der Waals surface area contributed by atoms with E-state index in [0.29, 0.717) is 12.3 Å². The van der Waals surface area contributed by atoms with Gasteiger partial charge in [-0.2, -0.15) is 0 Å². The SMILES string of the molecule is CN(CCCc1ccccc1)C(=O)CC1CNC1. The molecule has 1 aromatic rings. The lowest BCUT2D eigenvalue weighted by Gasteiger charge is -2.28. The molecule has 0 atom stereocenters. The summed E-state index contributed by atoms with van der Waals surface area (Å²) in [5.74, 6) is 0.851. The first-order valence-electron chi connectivity index (χ1n) is 6.74. The van der Waals surface area contributed by atoms with Gasteiger partial charge in [0.15, 0.2) is 0 Å². The van der Waals surface area contributed by atoms with Crippen LogP contribution in [-0.2, 0) is 11.2 Å². The molecule has 1 saturated heterocycles. The maximum absolute atomic E-state index is 11.9. The summed E-state index contributed by atoms with van der Waals surface area (Å²) in [4.78, 5) is 13.8. The van der Waals surface area contributed by atoms with Crippen LogP contribution in [0.2, 0.25) is 0 Å². The number of benzene rings is 1. The van der Waals surface area contributed by atoms with E-state index >= 15 is 0 Å². The standard InChI is InChI=1S/C15H22N2O/c1-17(15(18)10-14-11-16-12-14)9-5-8-13-6-3-2-4-7-13/h2-4,6-7,14,16H,5,8-12H2,1H3. The Labute approximate surface area is 109 Å². The van der Waals surface area contributed by atoms with E-state index in [1.54, 1.807) is 0 Å². The van der Waals surface area contributed by atoms with Gasteiger partial charge in [-0.25, -0.2) is 0 Å². The number of rotatable bonds is 6. The molecular weight excluding hydrogens is 224 g/mol. The van der Waals surface area contributed by atoms with Crippen LogP contribution in [0.1, 0.15) is 18.4 Å². The fourth-order valence-electron chi connectivity index (χ4n) is 2.19. The molecule has 3 nitrogen and oxygen atoms in total. The highest BCUT2D eigenvalue weighted by Gasteiger charge is 2.21. The summed E-state index contributed by atoms with van der Waals surface area (Å²) in [6, 6.07) is 10.4. The third kappa shape index (κ3) is 3.84. The number of aryl methyl sites for hydroxylation is 1. The van der Waals surface area contributed by atoms with Gasteiger partial charge in [0.2, 0.25) is 5.91 Å². The molecule has 0 saturated carbocycles. The largest absolute Gasteiger partial charge is 0.346 e. The molecule has 0 aromatic heterocycles. The Balaban J connectivity index is 1.64. The van der Waals surface area contributed by atoms with E-state index in [1.807, 2.05) is 18.0 Å². The molecule has 1 heterocycles. The van der Waals surface area contributed by atoms with Crippen LogP contribution < -0.4 is 5.32 Å². The van der Waals surface area contributed by atoms with Crippen LogP contribution in [0.15, 0.2) is 30.3 Å². The number of hydrogen-bond acceptors (Lipinski definition) is 2. The minimum absolute atomic E-state index is 0.287. The van der Waals surface area contributed by atoms with Crippen LogP contribution in [-0.4, -0.2) is 37.5 Å². The topological polar surface area (TPSA) is 32.3 Å². The van der Waals surface area contributed by atoms with Crippen molar-refractivity contribution in [3.63, 3.8) is 0 Å². The molecule has 18 heavy (non-hydrogen) atoms. The molecule has 1 aliphatic heterocycles. The molecule has 1 amide bonds. The summed E-state index contributed by atoms with van der Waals surface area (Å²) in [6.07, 6.45) is 2.79. The van der Waals surface area contributed by atoms with Gasteiger partial charge in [0.25, 0.3) is 0 Å². The fraction of sp³-hybridized carbons (Fsp3) is 0.533. The molecule has 1 N–H and O–H groups in total. The third-order valence-electron chi connectivity index (χ3n) is 3.56. The van der Waals surface area contributed by atoms with Crippen molar-refractivity contribution in [3.05, 3.63) is 35.9 Å². The van der Waals surface area contributed by atoms with Crippen molar-refractivity contribution in [3.8, 4) is 0 Å². The molecule has 0 radical (unpaired) electrons. The quantitative estimate of drug-likeness (QED) is 0.828. The second kappa shape index (κ2) is 6.55. The molecule has 0 aliphatic carbocycles. The Hall–Kier alpha value is -1.35. The maximum atomic E-state index is 11.9. The maximum Gasteiger partial charge on any atom is 0.222 e. The van der Waals surface area contributed by atoms with Gasteiger partial charge in [-0.15, -0.1) is 0 Å². The monoisotopic (exact) mass is 246 g/mol. The smallest absolute Gasteiger partial charge is 0.222 e. The van der Waals surface area contributed by atoms with Crippen molar-refractivity contribution >= 4 is 5.91 Å². The van der Waals surface area contributed by atoms with E-state index in [4.69, 9.17) is 0 Å². The first-order chi connectivity index (χ1) is 8.75. The van der Waals surface area contributed by atoms with Crippen molar-refractivity contribution in [2.24, 2.45) is 5.92 Å². The van der Waals surface area contributed by atoms with Gasteiger partial charge in [0, 0.05) is 20.0 Å². The van der Waals surface area contributed by atoms with Gasteiger partial charge in [-0.3, -0.25) is 4.79 Å². The number of nitrogens with one attached hydrogen (secondary N) is 1. The van der Waals surface area contributed by atoms with E-state index in [2.05, 4.69) is 29.6 Å². The minimum atomic E-state index is 0.287. The first kappa shape index (κ1) is 13.1. The van der Waals surface area contributed by atoms with Crippen LogP contribution in [0, 0.1) is 5.92 Å². The van der Waals surface area contributed by atoms with Crippen LogP contribution in [0.4, 0.5) is 0 Å². The van der Waals surface area contributed by atoms with Crippen LogP contribution in [0.3, 0.4) is 0 Å². The van der Waals surface area contributed by atoms with Gasteiger partial charge in [0.1, 0.15) is 0 Å². The van der Waals surface area contributed by atoms with Crippen LogP contribution in [0.5, 0.6) is 0 Å². The van der Waals surface area contributed by atoms with Crippen LogP contribution >= 0.6 is 0 Å². The lowest BCUT2D eigenvalue weighted by Crippen LogP contribution is -2.44. The normalized spacial score (nSPS) is 15.2. The lowest BCUT2D eigenvalue weighted by atomic mass is 9.99. The Bertz CT molecular complexity index is 373. The Morgan fingerprint density at radius 2 is 2.06 bits per heavy atom. The predicted molar refractivity (Wildman–Crippen MR) is 73.4 cm³/mol. The number of carbonyl (C=O) groups is 1. The molecule has 1 aliphatic rings. The second-order valence-corrected chi connectivity index (χ2v) is 5.13. The zero-order valence-electron chi connectivity index (χ0n) is 11.1. The predicted octanol–water partition coefficient (Wildman–Crippen LogP) is 1.69. The second-order valence-electron chi connectivity index (χ2n) is 5.13. The first-order valence-corrected chi connectivity index (χ1v) is 6.74. The molecule has 0 bridgehead atoms. The van der Waals surface area contributed by atoms with E-state index in [0.717, 1.165) is 32.5 Å². The fourth-order valence-corrected chi connectivity index (χ4v) is 2.19. The highest BCUT2D eigenvalue weighted by Crippen LogP contribution is 2.10. The summed E-state index contributed by atoms with van der Waals surface area (Å²) in [5, 5.41) is 3.20. The summed E-state index contributed by atoms with van der Waals surface area (Å²) >= 11 is 0. The van der Waals surface area contributed by atoms with E-state index in [1.165, 1.54) is 5.56 Å². The molecule has 1 fully saturated rings. The van der Waals surface area contributed by atoms with E-state index < -0.39 is 0 Å². The lowest BCUT2D eigenvalue weighted by molar-refractivity contribution is -0.131. The molecule has 1 aromatic carbocycles. The Morgan fingerprint density at radius 3 is 2.67 bits per heavy atom. The van der Waals surface area contributed by atoms with E-state index in [-0.39, 0.29) is 5.91 Å². The van der Waals surface area contributed by atoms with Gasteiger partial charge >= 0.3 is 0 Å². The molecule has 2 rings (SSSR count). The Kier molecular flexibility index (Phi) is 4.76. The molecule has 0 spiro atoms. The average Bonchev–Trinajstić information content (AvgIpc) is 2.34. The molecule has 0 unspecified atom stereocenters. The van der Waals surface area contributed by atoms with Gasteiger partial charge in [0.05, 0.1) is 0 Å². The highest BCUT2D eigenvalue weighted by molar-refractivity contribution is 5.76. The number of hydrogen-bond donors (Lipinski definition) is 1. The van der Waals surface area contributed by atoms with Crippen molar-refractivity contribution in [1.29, 1.82) is 0 Å². The number of nitrogens with zero attached hydrogens (tertiary/aromatic N) is 1. The van der Waals surface area contributed by atoms with Crippen molar-refractivity contribution in [2.45, 2.75) is 19.3 Å². The van der Waals surface area contributed by atoms with Gasteiger partial charge in [-0.1, -0.05) is 30.3 Å². The summed E-state index contributed by atoms with van der Waals surface area (Å²) in [6.45, 7) is 2.86. The number of amides is 1. The van der Waals surface area contributed by atoms with Crippen molar-refractivity contribution in [2.75, 3.05) is 26.7 Å². The summed E-state index contributed by atoms with van der Waals surface area (Å²) in [7, 11) is 1.92. The van der Waals surface area contributed by atoms with E-state index in [9.17, 15) is 4.79 Å². The zero-order chi connectivity index (χ0) is 12.8. The zero-order valence-corrected chi connectivity index (χ0v) is 11.1. The molecular formula is C15H22N2O. The van der Waals surface area contributed by atoms with Crippen molar-refractivity contribution in [1.82, 2.24) is 10.2 Å². The average molecular weight is 246 g/mol. The summed E-state index contributed by atoms with van der Waals surface area (Å²) in [5.41, 5.74) is 1.35. The minimum Gasteiger partial charge on any atom is -0.346 e. The summed E-state index contributed by atoms with van der Waals surface area (Å²) < 4.78 is 0. The third-order valence-corrected chi connectivity index (χ3v) is 3.56. The van der Waals surface area contributed by atoms with Gasteiger partial charge in [-0.05, 0) is 37.4 Å². The van der Waals surface area contributed by atoms with Crippen LogP contribution in [0.25, 0.3) is 0 Å². The molecule has 98 valence electrons. The van der Waals surface area contributed by atoms with Crippen molar-refractivity contribution < 1.29 is 4.79 Å². The Morgan fingerprint density at radius 1 is 1.33 bits per heavy atom. The van der Waals surface area contributed by atoms with Gasteiger partial charge < -0.3 is 10.2 Å². The molecule has 3 heteroatoms. The highest BCUT2D eigenvalue weighted by atomic mass is 16.2.